The van der Waals surface area contributed by atoms with Crippen LogP contribution in [0, 0.1) is 0 Å². The van der Waals surface area contributed by atoms with Gasteiger partial charge in [-0.2, -0.15) is 0 Å². The highest BCUT2D eigenvalue weighted by molar-refractivity contribution is 5.89. The lowest BCUT2D eigenvalue weighted by Crippen LogP contribution is -2.31. The summed E-state index contributed by atoms with van der Waals surface area (Å²) in [6.45, 7) is 5.83. The fraction of sp³-hybridized carbons (Fsp3) is 0.333. The van der Waals surface area contributed by atoms with Crippen LogP contribution in [-0.2, 0) is 0 Å². The van der Waals surface area contributed by atoms with E-state index in [0.717, 1.165) is 5.56 Å². The lowest BCUT2D eigenvalue weighted by Gasteiger charge is -2.18. The van der Waals surface area contributed by atoms with Crippen molar-refractivity contribution in [3.63, 3.8) is 0 Å². The first-order chi connectivity index (χ1) is 11.5. The first-order valence-corrected chi connectivity index (χ1v) is 7.81. The van der Waals surface area contributed by atoms with E-state index in [1.165, 1.54) is 0 Å². The summed E-state index contributed by atoms with van der Waals surface area (Å²) in [5, 5.41) is 5.65. The third-order valence-electron chi connectivity index (χ3n) is 3.34. The molecule has 2 N–H and O–H groups in total. The molecule has 0 fully saturated rings. The smallest absolute Gasteiger partial charge is 0.319 e. The summed E-state index contributed by atoms with van der Waals surface area (Å²) >= 11 is 0. The molecule has 24 heavy (non-hydrogen) atoms. The number of rotatable bonds is 6. The molecule has 0 radical (unpaired) electrons. The van der Waals surface area contributed by atoms with Gasteiger partial charge in [0.25, 0.3) is 0 Å². The maximum atomic E-state index is 12.1. The van der Waals surface area contributed by atoms with Gasteiger partial charge in [0.05, 0.1) is 19.3 Å². The van der Waals surface area contributed by atoms with Gasteiger partial charge in [-0.25, -0.2) is 4.79 Å². The molecule has 0 aliphatic heterocycles. The van der Waals surface area contributed by atoms with E-state index < -0.39 is 0 Å². The number of amides is 2. The molecule has 1 heterocycles. The monoisotopic (exact) mass is 329 g/mol. The van der Waals surface area contributed by atoms with Crippen LogP contribution >= 0.6 is 0 Å². The molecule has 0 saturated heterocycles. The number of aromatic nitrogens is 1. The van der Waals surface area contributed by atoms with E-state index in [4.69, 9.17) is 9.47 Å². The Bertz CT molecular complexity index is 674. The van der Waals surface area contributed by atoms with E-state index in [-0.39, 0.29) is 18.2 Å². The van der Waals surface area contributed by atoms with Gasteiger partial charge in [0.2, 0.25) is 0 Å². The van der Waals surface area contributed by atoms with Gasteiger partial charge in [-0.05, 0) is 50.6 Å². The number of carbonyl (C=O) groups excluding carboxylic acids is 1. The van der Waals surface area contributed by atoms with Gasteiger partial charge in [0.15, 0.2) is 11.5 Å². The zero-order valence-corrected chi connectivity index (χ0v) is 14.4. The second-order valence-corrected chi connectivity index (χ2v) is 5.63. The predicted molar refractivity (Wildman–Crippen MR) is 93.6 cm³/mol. The number of hydrogen-bond donors (Lipinski definition) is 2. The number of carbonyl (C=O) groups is 1. The Hall–Kier alpha value is -2.76. The van der Waals surface area contributed by atoms with Crippen molar-refractivity contribution in [1.29, 1.82) is 0 Å². The number of anilines is 1. The lowest BCUT2D eigenvalue weighted by atomic mass is 10.1. The number of nitrogens with one attached hydrogen (secondary N) is 2. The molecule has 6 heteroatoms. The molecule has 2 amide bonds. The normalized spacial score (nSPS) is 11.7. The summed E-state index contributed by atoms with van der Waals surface area (Å²) < 4.78 is 11.1. The molecule has 1 aromatic heterocycles. The van der Waals surface area contributed by atoms with Crippen LogP contribution in [0.3, 0.4) is 0 Å². The van der Waals surface area contributed by atoms with Crippen LogP contribution in [-0.4, -0.2) is 24.2 Å². The minimum Gasteiger partial charge on any atom is -0.493 e. The van der Waals surface area contributed by atoms with Crippen molar-refractivity contribution >= 4 is 11.7 Å². The highest BCUT2D eigenvalue weighted by Crippen LogP contribution is 2.31. The largest absolute Gasteiger partial charge is 0.493 e. The molecular weight excluding hydrogens is 306 g/mol. The third kappa shape index (κ3) is 4.87. The number of ether oxygens (including phenoxy) is 2. The Balaban J connectivity index is 2.03. The molecule has 0 saturated carbocycles. The van der Waals surface area contributed by atoms with E-state index in [1.807, 2.05) is 39.0 Å². The van der Waals surface area contributed by atoms with Gasteiger partial charge in [-0.15, -0.1) is 0 Å². The van der Waals surface area contributed by atoms with Crippen molar-refractivity contribution in [3.8, 4) is 11.5 Å². The molecule has 1 unspecified atom stereocenters. The van der Waals surface area contributed by atoms with Crippen LogP contribution in [0.15, 0.2) is 42.7 Å². The summed E-state index contributed by atoms with van der Waals surface area (Å²) in [5.74, 6) is 1.33. The van der Waals surface area contributed by atoms with Crippen LogP contribution < -0.4 is 20.1 Å². The molecule has 0 aliphatic rings. The van der Waals surface area contributed by atoms with Crippen molar-refractivity contribution < 1.29 is 14.3 Å². The summed E-state index contributed by atoms with van der Waals surface area (Å²) in [4.78, 5) is 16.0. The number of benzene rings is 1. The topological polar surface area (TPSA) is 72.5 Å². The predicted octanol–water partition coefficient (Wildman–Crippen LogP) is 3.76. The van der Waals surface area contributed by atoms with Gasteiger partial charge in [-0.3, -0.25) is 4.98 Å². The van der Waals surface area contributed by atoms with E-state index in [2.05, 4.69) is 15.6 Å². The van der Waals surface area contributed by atoms with Crippen LogP contribution in [0.1, 0.15) is 32.4 Å². The number of pyridine rings is 1. The average Bonchev–Trinajstić information content (AvgIpc) is 2.55. The molecule has 128 valence electrons. The van der Waals surface area contributed by atoms with Gasteiger partial charge in [0, 0.05) is 18.1 Å². The average molecular weight is 329 g/mol. The Morgan fingerprint density at radius 2 is 1.79 bits per heavy atom. The summed E-state index contributed by atoms with van der Waals surface area (Å²) in [7, 11) is 1.60. The van der Waals surface area contributed by atoms with Crippen molar-refractivity contribution in [3.05, 3.63) is 48.3 Å². The Labute approximate surface area is 142 Å². The summed E-state index contributed by atoms with van der Waals surface area (Å²) in [6.07, 6.45) is 3.31. The standard InChI is InChI=1S/C18H23N3O3/c1-12(2)24-16-6-5-14(11-17(16)23-4)13(3)20-18(22)21-15-7-9-19-10-8-15/h5-13H,1-4H3,(H2,19,20,21,22). The zero-order chi connectivity index (χ0) is 17.5. The third-order valence-corrected chi connectivity index (χ3v) is 3.34. The van der Waals surface area contributed by atoms with Crippen LogP contribution in [0.25, 0.3) is 0 Å². The zero-order valence-electron chi connectivity index (χ0n) is 14.4. The van der Waals surface area contributed by atoms with Gasteiger partial charge >= 0.3 is 6.03 Å². The number of hydrogen-bond acceptors (Lipinski definition) is 4. The number of nitrogens with zero attached hydrogens (tertiary/aromatic N) is 1. The number of urea groups is 1. The van der Waals surface area contributed by atoms with E-state index >= 15 is 0 Å². The van der Waals surface area contributed by atoms with Crippen molar-refractivity contribution in [2.24, 2.45) is 0 Å². The van der Waals surface area contributed by atoms with Crippen LogP contribution in [0.4, 0.5) is 10.5 Å². The molecule has 6 nitrogen and oxygen atoms in total. The van der Waals surface area contributed by atoms with Gasteiger partial charge in [-0.1, -0.05) is 6.07 Å². The first kappa shape index (κ1) is 17.6. The van der Waals surface area contributed by atoms with Gasteiger partial charge in [0.1, 0.15) is 0 Å². The van der Waals surface area contributed by atoms with Crippen LogP contribution in [0.2, 0.25) is 0 Å². The molecule has 2 rings (SSSR count). The van der Waals surface area contributed by atoms with Crippen molar-refractivity contribution in [1.82, 2.24) is 10.3 Å². The lowest BCUT2D eigenvalue weighted by molar-refractivity contribution is 0.230. The molecule has 0 spiro atoms. The highest BCUT2D eigenvalue weighted by Gasteiger charge is 2.13. The second-order valence-electron chi connectivity index (χ2n) is 5.63. The quantitative estimate of drug-likeness (QED) is 0.846. The minimum atomic E-state index is -0.282. The van der Waals surface area contributed by atoms with Crippen molar-refractivity contribution in [2.75, 3.05) is 12.4 Å². The second kappa shape index (κ2) is 8.19. The van der Waals surface area contributed by atoms with E-state index in [9.17, 15) is 4.79 Å². The maximum absolute atomic E-state index is 12.1. The van der Waals surface area contributed by atoms with Crippen LogP contribution in [0.5, 0.6) is 11.5 Å². The fourth-order valence-corrected chi connectivity index (χ4v) is 2.19. The fourth-order valence-electron chi connectivity index (χ4n) is 2.19. The van der Waals surface area contributed by atoms with Crippen molar-refractivity contribution in [2.45, 2.75) is 32.9 Å². The SMILES string of the molecule is COc1cc(C(C)NC(=O)Nc2ccncc2)ccc1OC(C)C. The molecule has 0 bridgehead atoms. The van der Waals surface area contributed by atoms with E-state index in [1.54, 1.807) is 31.6 Å². The molecule has 1 atom stereocenters. The first-order valence-electron chi connectivity index (χ1n) is 7.81. The Morgan fingerprint density at radius 1 is 1.08 bits per heavy atom. The van der Waals surface area contributed by atoms with E-state index in [0.29, 0.717) is 17.2 Å². The summed E-state index contributed by atoms with van der Waals surface area (Å²) in [6, 6.07) is 8.63. The number of methoxy groups -OCH3 is 1. The molecular formula is C18H23N3O3. The highest BCUT2D eigenvalue weighted by atomic mass is 16.5. The summed E-state index contributed by atoms with van der Waals surface area (Å²) in [5.41, 5.74) is 1.61. The Morgan fingerprint density at radius 3 is 2.42 bits per heavy atom. The van der Waals surface area contributed by atoms with Gasteiger partial charge < -0.3 is 20.1 Å². The maximum Gasteiger partial charge on any atom is 0.319 e. The minimum absolute atomic E-state index is 0.0615. The Kier molecular flexibility index (Phi) is 6.01. The molecule has 1 aromatic carbocycles. The molecule has 0 aliphatic carbocycles. The molecule has 2 aromatic rings.